The quantitative estimate of drug-likeness (QED) is 0.784. The minimum absolute atomic E-state index is 0.0793. The molecule has 0 spiro atoms. The monoisotopic (exact) mass is 404 g/mol. The molecule has 0 saturated carbocycles. The van der Waals surface area contributed by atoms with Gasteiger partial charge in [-0.25, -0.2) is 4.39 Å². The van der Waals surface area contributed by atoms with E-state index in [1.807, 2.05) is 36.3 Å². The van der Waals surface area contributed by atoms with E-state index < -0.39 is 0 Å². The van der Waals surface area contributed by atoms with Crippen molar-refractivity contribution >= 4 is 17.4 Å². The average molecular weight is 405 g/mol. The van der Waals surface area contributed by atoms with Gasteiger partial charge < -0.3 is 9.64 Å². The molecule has 2 aromatic rings. The van der Waals surface area contributed by atoms with Crippen LogP contribution in [0, 0.1) is 5.82 Å². The second kappa shape index (κ2) is 8.23. The number of morpholine rings is 1. The van der Waals surface area contributed by atoms with Gasteiger partial charge in [0.2, 0.25) is 5.91 Å². The van der Waals surface area contributed by atoms with E-state index >= 15 is 0 Å². The molecule has 4 atom stereocenters. The Labute approximate surface area is 168 Å². The van der Waals surface area contributed by atoms with Gasteiger partial charge in [-0.05, 0) is 43.1 Å². The Morgan fingerprint density at radius 3 is 2.46 bits per heavy atom. The third kappa shape index (κ3) is 4.24. The van der Waals surface area contributed by atoms with Gasteiger partial charge in [0, 0.05) is 43.4 Å². The minimum atomic E-state index is -0.253. The van der Waals surface area contributed by atoms with Crippen molar-refractivity contribution in [2.24, 2.45) is 0 Å². The fourth-order valence-electron chi connectivity index (χ4n) is 4.39. The first-order valence-electron chi connectivity index (χ1n) is 9.67. The molecule has 2 aliphatic rings. The predicted octanol–water partition coefficient (Wildman–Crippen LogP) is 2.50. The van der Waals surface area contributed by atoms with Crippen molar-refractivity contribution in [3.63, 3.8) is 0 Å². The molecule has 0 bridgehead atoms. The number of benzene rings is 1. The molecule has 2 saturated heterocycles. The zero-order chi connectivity index (χ0) is 19.7. The van der Waals surface area contributed by atoms with E-state index in [0.29, 0.717) is 19.6 Å². The molecule has 4 rings (SSSR count). The number of aromatic nitrogens is 2. The molecule has 6 nitrogen and oxygen atoms in total. The number of hydrogen-bond acceptors (Lipinski definition) is 6. The van der Waals surface area contributed by atoms with Gasteiger partial charge in [-0.3, -0.25) is 9.69 Å². The highest BCUT2D eigenvalue weighted by atomic mass is 32.1. The zero-order valence-corrected chi connectivity index (χ0v) is 16.9. The van der Waals surface area contributed by atoms with Crippen molar-refractivity contribution in [1.29, 1.82) is 0 Å². The summed E-state index contributed by atoms with van der Waals surface area (Å²) in [6, 6.07) is 6.58. The van der Waals surface area contributed by atoms with E-state index in [4.69, 9.17) is 4.74 Å². The first kappa shape index (κ1) is 19.4. The van der Waals surface area contributed by atoms with Crippen LogP contribution in [0.2, 0.25) is 0 Å². The molecule has 0 N–H and O–H groups in total. The summed E-state index contributed by atoms with van der Waals surface area (Å²) >= 11 is 1.32. The Kier molecular flexibility index (Phi) is 5.70. The van der Waals surface area contributed by atoms with Gasteiger partial charge in [0.05, 0.1) is 24.4 Å². The first-order chi connectivity index (χ1) is 13.5. The summed E-state index contributed by atoms with van der Waals surface area (Å²) in [5.41, 5.74) is 1.94. The van der Waals surface area contributed by atoms with E-state index in [9.17, 15) is 9.18 Å². The van der Waals surface area contributed by atoms with E-state index in [2.05, 4.69) is 14.5 Å². The summed E-state index contributed by atoms with van der Waals surface area (Å²) < 4.78 is 23.1. The van der Waals surface area contributed by atoms with Gasteiger partial charge in [-0.1, -0.05) is 16.6 Å². The Bertz CT molecular complexity index is 791. The summed E-state index contributed by atoms with van der Waals surface area (Å²) in [5.74, 6) is 0.0443. The number of hydrogen-bond donors (Lipinski definition) is 0. The maximum absolute atomic E-state index is 13.4. The molecule has 1 aromatic heterocycles. The van der Waals surface area contributed by atoms with Crippen molar-refractivity contribution in [2.75, 3.05) is 32.7 Å². The lowest BCUT2D eigenvalue weighted by Crippen LogP contribution is -2.49. The van der Waals surface area contributed by atoms with Crippen LogP contribution in [0.15, 0.2) is 29.6 Å². The van der Waals surface area contributed by atoms with Crippen molar-refractivity contribution in [1.82, 2.24) is 19.4 Å². The largest absolute Gasteiger partial charge is 0.373 e. The van der Waals surface area contributed by atoms with E-state index in [0.717, 1.165) is 24.3 Å². The molecule has 3 heterocycles. The number of likely N-dealkylation sites (tertiary alicyclic amines) is 1. The smallest absolute Gasteiger partial charge is 0.236 e. The van der Waals surface area contributed by atoms with Gasteiger partial charge in [0.25, 0.3) is 0 Å². The summed E-state index contributed by atoms with van der Waals surface area (Å²) in [6.45, 7) is 7.24. The summed E-state index contributed by atoms with van der Waals surface area (Å²) in [7, 11) is 0. The Morgan fingerprint density at radius 1 is 1.14 bits per heavy atom. The topological polar surface area (TPSA) is 58.6 Å². The van der Waals surface area contributed by atoms with Crippen LogP contribution >= 0.6 is 11.5 Å². The Balaban J connectivity index is 1.49. The Morgan fingerprint density at radius 2 is 1.82 bits per heavy atom. The average Bonchev–Trinajstić information content (AvgIpc) is 3.31. The highest BCUT2D eigenvalue weighted by Crippen LogP contribution is 2.39. The maximum Gasteiger partial charge on any atom is 0.236 e. The molecule has 28 heavy (non-hydrogen) atoms. The Hall–Kier alpha value is -1.90. The lowest BCUT2D eigenvalue weighted by Gasteiger charge is -2.35. The van der Waals surface area contributed by atoms with Crippen molar-refractivity contribution < 1.29 is 13.9 Å². The number of carbonyl (C=O) groups excluding carboxylic acids is 1. The van der Waals surface area contributed by atoms with Crippen LogP contribution in [0.3, 0.4) is 0 Å². The number of nitrogens with zero attached hydrogens (tertiary/aromatic N) is 4. The van der Waals surface area contributed by atoms with Crippen LogP contribution < -0.4 is 0 Å². The first-order valence-corrected chi connectivity index (χ1v) is 10.5. The lowest BCUT2D eigenvalue weighted by molar-refractivity contribution is -0.134. The molecule has 1 amide bonds. The molecule has 2 aliphatic heterocycles. The fraction of sp³-hybridized carbons (Fsp3) is 0.550. The van der Waals surface area contributed by atoms with Gasteiger partial charge >= 0.3 is 0 Å². The summed E-state index contributed by atoms with van der Waals surface area (Å²) in [5, 5.41) is 6.20. The predicted molar refractivity (Wildman–Crippen MR) is 105 cm³/mol. The molecule has 0 aliphatic carbocycles. The van der Waals surface area contributed by atoms with Gasteiger partial charge in [-0.2, -0.15) is 0 Å². The maximum atomic E-state index is 13.4. The van der Waals surface area contributed by atoms with Crippen LogP contribution in [0.25, 0.3) is 0 Å². The van der Waals surface area contributed by atoms with E-state index in [1.54, 1.807) is 0 Å². The highest BCUT2D eigenvalue weighted by Gasteiger charge is 2.39. The second-order valence-electron chi connectivity index (χ2n) is 7.84. The second-order valence-corrected chi connectivity index (χ2v) is 8.45. The summed E-state index contributed by atoms with van der Waals surface area (Å²) in [6.07, 6.45) is 0.270. The molecule has 150 valence electrons. The zero-order valence-electron chi connectivity index (χ0n) is 16.1. The van der Waals surface area contributed by atoms with Gasteiger partial charge in [-0.15, -0.1) is 5.10 Å². The number of rotatable bonds is 4. The molecule has 2 unspecified atom stereocenters. The minimum Gasteiger partial charge on any atom is -0.373 e. The number of amides is 1. The van der Waals surface area contributed by atoms with Gasteiger partial charge in [0.1, 0.15) is 5.82 Å². The number of carbonyl (C=O) groups is 1. The van der Waals surface area contributed by atoms with E-state index in [1.165, 1.54) is 23.7 Å². The van der Waals surface area contributed by atoms with Crippen LogP contribution in [0.5, 0.6) is 0 Å². The van der Waals surface area contributed by atoms with Crippen LogP contribution in [0.4, 0.5) is 4.39 Å². The molecule has 1 aromatic carbocycles. The molecular formula is C20H25FN4O2S. The molecular weight excluding hydrogens is 379 g/mol. The van der Waals surface area contributed by atoms with Gasteiger partial charge in [0.15, 0.2) is 0 Å². The third-order valence-electron chi connectivity index (χ3n) is 5.58. The molecule has 8 heteroatoms. The van der Waals surface area contributed by atoms with Crippen molar-refractivity contribution in [3.8, 4) is 0 Å². The number of halogens is 1. The summed E-state index contributed by atoms with van der Waals surface area (Å²) in [4.78, 5) is 17.1. The van der Waals surface area contributed by atoms with Crippen molar-refractivity contribution in [2.45, 2.75) is 37.9 Å². The van der Waals surface area contributed by atoms with Crippen molar-refractivity contribution in [3.05, 3.63) is 46.7 Å². The van der Waals surface area contributed by atoms with Crippen LogP contribution in [-0.2, 0) is 9.53 Å². The normalized spacial score (nSPS) is 28.6. The highest BCUT2D eigenvalue weighted by molar-refractivity contribution is 7.03. The van der Waals surface area contributed by atoms with E-state index in [-0.39, 0.29) is 35.8 Å². The van der Waals surface area contributed by atoms with Crippen LogP contribution in [0.1, 0.15) is 36.9 Å². The number of ether oxygens (including phenoxy) is 1. The fourth-order valence-corrected chi connectivity index (χ4v) is 4.91. The lowest BCUT2D eigenvalue weighted by atomic mass is 9.87. The van der Waals surface area contributed by atoms with Crippen LogP contribution in [-0.4, -0.2) is 70.2 Å². The SMILES string of the molecule is CC1CN(CC(=O)N2C[C@@H](c3ccc(F)cc3)[C@H](c3csnn3)C2)CC(C)O1. The molecule has 0 radical (unpaired) electrons. The molecule has 2 fully saturated rings. The standard InChI is InChI=1S/C20H25FN4O2S/c1-13-7-24(8-14(2)27-13)11-20(26)25-9-17(15-3-5-16(21)6-4-15)18(10-25)19-12-28-23-22-19/h3-6,12-14,17-18H,7-11H2,1-2H3/t13?,14?,17-,18+/m0/s1. The third-order valence-corrected chi connectivity index (χ3v) is 6.10.